The standard InChI is InChI=1S/C19H23N3O3S/c1-3-26-22-19(23)21-20-14-16-8-10-17(11-9-16)24-12-13-25-18-7-5-4-6-15(18)2/h4-11,14H,3,12-13H2,1-2H3,(H2,21,22,23)/b20-14+. The lowest BCUT2D eigenvalue weighted by molar-refractivity contribution is 0.216. The van der Waals surface area contributed by atoms with E-state index in [-0.39, 0.29) is 6.03 Å². The van der Waals surface area contributed by atoms with E-state index in [9.17, 15) is 4.79 Å². The third-order valence-electron chi connectivity index (χ3n) is 3.27. The van der Waals surface area contributed by atoms with Gasteiger partial charge in [-0.1, -0.05) is 25.1 Å². The second kappa shape index (κ2) is 11.0. The zero-order valence-electron chi connectivity index (χ0n) is 14.9. The van der Waals surface area contributed by atoms with Gasteiger partial charge in [-0.05, 0) is 60.3 Å². The fourth-order valence-electron chi connectivity index (χ4n) is 2.01. The van der Waals surface area contributed by atoms with Crippen LogP contribution < -0.4 is 19.6 Å². The Balaban J connectivity index is 1.70. The number of benzene rings is 2. The first kappa shape index (κ1) is 19.7. The molecular weight excluding hydrogens is 350 g/mol. The Kier molecular flexibility index (Phi) is 8.35. The van der Waals surface area contributed by atoms with Gasteiger partial charge >= 0.3 is 6.03 Å². The third kappa shape index (κ3) is 7.06. The van der Waals surface area contributed by atoms with Crippen LogP contribution in [-0.2, 0) is 0 Å². The van der Waals surface area contributed by atoms with Gasteiger partial charge in [-0.3, -0.25) is 4.72 Å². The summed E-state index contributed by atoms with van der Waals surface area (Å²) in [6.07, 6.45) is 1.57. The van der Waals surface area contributed by atoms with Crippen molar-refractivity contribution in [1.82, 2.24) is 10.1 Å². The molecule has 2 amide bonds. The van der Waals surface area contributed by atoms with Crippen molar-refractivity contribution >= 4 is 24.2 Å². The average Bonchev–Trinajstić information content (AvgIpc) is 2.66. The Morgan fingerprint density at radius 1 is 1.12 bits per heavy atom. The number of hydrazone groups is 1. The van der Waals surface area contributed by atoms with Crippen molar-refractivity contribution in [2.75, 3.05) is 19.0 Å². The number of para-hydroxylation sites is 1. The van der Waals surface area contributed by atoms with Crippen molar-refractivity contribution in [2.45, 2.75) is 13.8 Å². The quantitative estimate of drug-likeness (QED) is 0.304. The SMILES string of the molecule is CCSNC(=O)N/N=C/c1ccc(OCCOc2ccccc2C)cc1. The predicted molar refractivity (Wildman–Crippen MR) is 106 cm³/mol. The molecule has 0 radical (unpaired) electrons. The summed E-state index contributed by atoms with van der Waals surface area (Å²) in [4.78, 5) is 11.3. The lowest BCUT2D eigenvalue weighted by atomic mass is 10.2. The van der Waals surface area contributed by atoms with E-state index in [4.69, 9.17) is 9.47 Å². The maximum atomic E-state index is 11.3. The number of amides is 2. The number of urea groups is 1. The fourth-order valence-corrected chi connectivity index (χ4v) is 2.33. The average molecular weight is 373 g/mol. The van der Waals surface area contributed by atoms with Gasteiger partial charge in [0, 0.05) is 5.75 Å². The van der Waals surface area contributed by atoms with Crippen LogP contribution in [0.5, 0.6) is 11.5 Å². The summed E-state index contributed by atoms with van der Waals surface area (Å²) < 4.78 is 13.9. The summed E-state index contributed by atoms with van der Waals surface area (Å²) in [5.74, 6) is 2.42. The highest BCUT2D eigenvalue weighted by atomic mass is 32.2. The van der Waals surface area contributed by atoms with Gasteiger partial charge in [-0.25, -0.2) is 10.2 Å². The molecule has 138 valence electrons. The second-order valence-corrected chi connectivity index (χ2v) is 6.34. The van der Waals surface area contributed by atoms with Crippen LogP contribution in [0.15, 0.2) is 53.6 Å². The van der Waals surface area contributed by atoms with E-state index in [1.165, 1.54) is 11.9 Å². The smallest absolute Gasteiger partial charge is 0.345 e. The highest BCUT2D eigenvalue weighted by Crippen LogP contribution is 2.16. The fraction of sp³-hybridized carbons (Fsp3) is 0.263. The number of ether oxygens (including phenoxy) is 2. The molecule has 0 saturated carbocycles. The van der Waals surface area contributed by atoms with E-state index in [1.54, 1.807) is 6.21 Å². The molecule has 2 aromatic rings. The minimum Gasteiger partial charge on any atom is -0.490 e. The first-order valence-corrected chi connectivity index (χ1v) is 9.29. The summed E-state index contributed by atoms with van der Waals surface area (Å²) >= 11 is 1.31. The Bertz CT molecular complexity index is 720. The molecule has 0 atom stereocenters. The summed E-state index contributed by atoms with van der Waals surface area (Å²) in [5, 5.41) is 3.88. The number of nitrogens with one attached hydrogen (secondary N) is 2. The molecular formula is C19H23N3O3S. The molecule has 0 fully saturated rings. The number of carbonyl (C=O) groups is 1. The summed E-state index contributed by atoms with van der Waals surface area (Å²) in [5.41, 5.74) is 4.36. The van der Waals surface area contributed by atoms with Gasteiger partial charge in [0.05, 0.1) is 6.21 Å². The van der Waals surface area contributed by atoms with E-state index < -0.39 is 0 Å². The van der Waals surface area contributed by atoms with Gasteiger partial charge in [0.2, 0.25) is 0 Å². The Morgan fingerprint density at radius 3 is 2.58 bits per heavy atom. The van der Waals surface area contributed by atoms with E-state index in [2.05, 4.69) is 15.2 Å². The first-order valence-electron chi connectivity index (χ1n) is 8.31. The van der Waals surface area contributed by atoms with Crippen molar-refractivity contribution in [3.63, 3.8) is 0 Å². The van der Waals surface area contributed by atoms with Crippen LogP contribution in [0.25, 0.3) is 0 Å². The van der Waals surface area contributed by atoms with Crippen LogP contribution in [0.1, 0.15) is 18.1 Å². The van der Waals surface area contributed by atoms with E-state index in [1.807, 2.05) is 62.4 Å². The van der Waals surface area contributed by atoms with E-state index in [0.717, 1.165) is 28.4 Å². The number of hydrogen-bond acceptors (Lipinski definition) is 5. The van der Waals surface area contributed by atoms with E-state index >= 15 is 0 Å². The van der Waals surface area contributed by atoms with Crippen LogP contribution in [-0.4, -0.2) is 31.2 Å². The molecule has 2 aromatic carbocycles. The summed E-state index contributed by atoms with van der Waals surface area (Å²) in [6.45, 7) is 4.89. The third-order valence-corrected chi connectivity index (χ3v) is 3.89. The van der Waals surface area contributed by atoms with Crippen LogP contribution >= 0.6 is 11.9 Å². The number of carbonyl (C=O) groups excluding carboxylic acids is 1. The second-order valence-electron chi connectivity index (χ2n) is 5.27. The molecule has 0 aromatic heterocycles. The monoisotopic (exact) mass is 373 g/mol. The molecule has 0 aliphatic carbocycles. The maximum absolute atomic E-state index is 11.3. The molecule has 0 saturated heterocycles. The minimum absolute atomic E-state index is 0.346. The van der Waals surface area contributed by atoms with Crippen LogP contribution in [0.3, 0.4) is 0 Å². The highest BCUT2D eigenvalue weighted by molar-refractivity contribution is 7.97. The zero-order valence-corrected chi connectivity index (χ0v) is 15.7. The molecule has 2 N–H and O–H groups in total. The molecule has 2 rings (SSSR count). The molecule has 0 heterocycles. The summed E-state index contributed by atoms with van der Waals surface area (Å²) in [7, 11) is 0. The molecule has 0 spiro atoms. The molecule has 6 nitrogen and oxygen atoms in total. The largest absolute Gasteiger partial charge is 0.490 e. The van der Waals surface area contributed by atoms with Crippen molar-refractivity contribution in [3.05, 3.63) is 59.7 Å². The number of nitrogens with zero attached hydrogens (tertiary/aromatic N) is 1. The van der Waals surface area contributed by atoms with Crippen molar-refractivity contribution in [3.8, 4) is 11.5 Å². The van der Waals surface area contributed by atoms with Gasteiger partial charge < -0.3 is 9.47 Å². The van der Waals surface area contributed by atoms with Crippen molar-refractivity contribution in [1.29, 1.82) is 0 Å². The molecule has 0 bridgehead atoms. The maximum Gasteiger partial charge on any atom is 0.345 e. The number of rotatable bonds is 9. The predicted octanol–water partition coefficient (Wildman–Crippen LogP) is 3.75. The van der Waals surface area contributed by atoms with Crippen LogP contribution in [0.2, 0.25) is 0 Å². The summed E-state index contributed by atoms with van der Waals surface area (Å²) in [6, 6.07) is 15.0. The number of hydrogen-bond donors (Lipinski definition) is 2. The lowest BCUT2D eigenvalue weighted by Crippen LogP contribution is -2.27. The topological polar surface area (TPSA) is 72.0 Å². The van der Waals surface area contributed by atoms with Gasteiger partial charge in [-0.2, -0.15) is 5.10 Å². The Morgan fingerprint density at radius 2 is 1.85 bits per heavy atom. The molecule has 0 unspecified atom stereocenters. The molecule has 0 aliphatic rings. The van der Waals surface area contributed by atoms with Crippen molar-refractivity contribution < 1.29 is 14.3 Å². The normalized spacial score (nSPS) is 10.5. The van der Waals surface area contributed by atoms with Gasteiger partial charge in [0.1, 0.15) is 24.7 Å². The van der Waals surface area contributed by atoms with Gasteiger partial charge in [-0.15, -0.1) is 0 Å². The first-order chi connectivity index (χ1) is 12.7. The van der Waals surface area contributed by atoms with Crippen LogP contribution in [0.4, 0.5) is 4.79 Å². The lowest BCUT2D eigenvalue weighted by Gasteiger charge is -2.10. The molecule has 7 heteroatoms. The van der Waals surface area contributed by atoms with Crippen molar-refractivity contribution in [2.24, 2.45) is 5.10 Å². The highest BCUT2D eigenvalue weighted by Gasteiger charge is 1.99. The minimum atomic E-state index is -0.346. The number of aryl methyl sites for hydroxylation is 1. The molecule has 26 heavy (non-hydrogen) atoms. The van der Waals surface area contributed by atoms with E-state index in [0.29, 0.717) is 13.2 Å². The zero-order chi connectivity index (χ0) is 18.6. The molecule has 0 aliphatic heterocycles. The Labute approximate surface area is 158 Å². The van der Waals surface area contributed by atoms with Gasteiger partial charge in [0.15, 0.2) is 0 Å². The van der Waals surface area contributed by atoms with Gasteiger partial charge in [0.25, 0.3) is 0 Å². The van der Waals surface area contributed by atoms with Crippen LogP contribution in [0, 0.1) is 6.92 Å². The Hall–Kier alpha value is -2.67.